The van der Waals surface area contributed by atoms with Crippen molar-refractivity contribution in [3.63, 3.8) is 0 Å². The van der Waals surface area contributed by atoms with Crippen LogP contribution in [0.15, 0.2) is 24.4 Å². The van der Waals surface area contributed by atoms with Crippen molar-refractivity contribution in [2.45, 2.75) is 12.5 Å². The fraction of sp³-hybridized carbons (Fsp3) is 0.438. The van der Waals surface area contributed by atoms with E-state index in [1.165, 1.54) is 12.1 Å². The van der Waals surface area contributed by atoms with Crippen molar-refractivity contribution < 1.29 is 18.7 Å². The molecule has 2 heterocycles. The minimum atomic E-state index is -0.289. The number of carbonyl (C=O) groups is 1. The summed E-state index contributed by atoms with van der Waals surface area (Å²) in [5.74, 6) is -0.238. The van der Waals surface area contributed by atoms with Gasteiger partial charge in [-0.1, -0.05) is 0 Å². The third-order valence-electron chi connectivity index (χ3n) is 3.92. The van der Waals surface area contributed by atoms with Gasteiger partial charge in [0.1, 0.15) is 5.82 Å². The summed E-state index contributed by atoms with van der Waals surface area (Å²) in [5.41, 5.74) is 1.59. The van der Waals surface area contributed by atoms with Gasteiger partial charge in [0.2, 0.25) is 5.91 Å². The SMILES string of the molecule is COC[C@@H]1CN(C(=O)Cc2c[nH]c3cc(F)ccc23)CCO1. The summed E-state index contributed by atoms with van der Waals surface area (Å²) in [6, 6.07) is 4.55. The number of aromatic amines is 1. The topological polar surface area (TPSA) is 54.6 Å². The Balaban J connectivity index is 1.70. The summed E-state index contributed by atoms with van der Waals surface area (Å²) in [6.07, 6.45) is 2.00. The Bertz CT molecular complexity index is 668. The molecule has 2 aromatic rings. The molecule has 1 aromatic carbocycles. The molecule has 0 spiro atoms. The molecule has 5 nitrogen and oxygen atoms in total. The first kappa shape index (κ1) is 15.0. The molecule has 0 saturated carbocycles. The molecule has 1 atom stereocenters. The van der Waals surface area contributed by atoms with Crippen LogP contribution in [0.1, 0.15) is 5.56 Å². The largest absolute Gasteiger partial charge is 0.382 e. The number of H-pyrrole nitrogens is 1. The predicted octanol–water partition coefficient (Wildman–Crippen LogP) is 1.72. The maximum Gasteiger partial charge on any atom is 0.227 e. The van der Waals surface area contributed by atoms with E-state index in [0.717, 1.165) is 10.9 Å². The van der Waals surface area contributed by atoms with E-state index in [-0.39, 0.29) is 17.8 Å². The minimum Gasteiger partial charge on any atom is -0.382 e. The van der Waals surface area contributed by atoms with Gasteiger partial charge in [-0.2, -0.15) is 0 Å². The van der Waals surface area contributed by atoms with Gasteiger partial charge in [0.05, 0.1) is 25.7 Å². The number of methoxy groups -OCH3 is 1. The maximum absolute atomic E-state index is 13.2. The van der Waals surface area contributed by atoms with Gasteiger partial charge in [0.25, 0.3) is 0 Å². The van der Waals surface area contributed by atoms with Gasteiger partial charge < -0.3 is 19.4 Å². The van der Waals surface area contributed by atoms with Crippen molar-refractivity contribution in [3.05, 3.63) is 35.8 Å². The molecule has 0 unspecified atom stereocenters. The molecule has 1 aliphatic heterocycles. The van der Waals surface area contributed by atoms with Gasteiger partial charge in [-0.25, -0.2) is 4.39 Å². The first-order valence-corrected chi connectivity index (χ1v) is 7.31. The van der Waals surface area contributed by atoms with Crippen LogP contribution in [-0.4, -0.2) is 55.3 Å². The summed E-state index contributed by atoms with van der Waals surface area (Å²) in [5, 5.41) is 0.886. The number of nitrogens with one attached hydrogen (secondary N) is 1. The van der Waals surface area contributed by atoms with Gasteiger partial charge in [-0.3, -0.25) is 4.79 Å². The Labute approximate surface area is 128 Å². The van der Waals surface area contributed by atoms with Crippen LogP contribution in [0.3, 0.4) is 0 Å². The fourth-order valence-electron chi connectivity index (χ4n) is 2.81. The number of benzene rings is 1. The van der Waals surface area contributed by atoms with E-state index >= 15 is 0 Å². The number of hydrogen-bond donors (Lipinski definition) is 1. The van der Waals surface area contributed by atoms with Gasteiger partial charge >= 0.3 is 0 Å². The highest BCUT2D eigenvalue weighted by Crippen LogP contribution is 2.20. The average Bonchev–Trinajstić information content (AvgIpc) is 2.90. The van der Waals surface area contributed by atoms with Crippen molar-refractivity contribution in [1.82, 2.24) is 9.88 Å². The van der Waals surface area contributed by atoms with E-state index in [0.29, 0.717) is 38.2 Å². The Kier molecular flexibility index (Phi) is 4.40. The highest BCUT2D eigenvalue weighted by atomic mass is 19.1. The van der Waals surface area contributed by atoms with Gasteiger partial charge in [0, 0.05) is 37.3 Å². The second kappa shape index (κ2) is 6.46. The molecular weight excluding hydrogens is 287 g/mol. The highest BCUT2D eigenvalue weighted by Gasteiger charge is 2.24. The number of fused-ring (bicyclic) bond motifs is 1. The first-order chi connectivity index (χ1) is 10.7. The lowest BCUT2D eigenvalue weighted by atomic mass is 10.1. The number of carbonyl (C=O) groups excluding carboxylic acids is 1. The smallest absolute Gasteiger partial charge is 0.227 e. The number of morpholine rings is 1. The van der Waals surface area contributed by atoms with Crippen molar-refractivity contribution in [3.8, 4) is 0 Å². The molecule has 1 N–H and O–H groups in total. The summed E-state index contributed by atoms with van der Waals surface area (Å²) < 4.78 is 23.8. The Morgan fingerprint density at radius 3 is 3.23 bits per heavy atom. The summed E-state index contributed by atoms with van der Waals surface area (Å²) in [6.45, 7) is 2.15. The van der Waals surface area contributed by atoms with Crippen molar-refractivity contribution in [2.75, 3.05) is 33.4 Å². The van der Waals surface area contributed by atoms with Gasteiger partial charge in [-0.15, -0.1) is 0 Å². The van der Waals surface area contributed by atoms with Crippen LogP contribution in [0.25, 0.3) is 10.9 Å². The number of rotatable bonds is 4. The quantitative estimate of drug-likeness (QED) is 0.936. The molecule has 1 amide bonds. The number of nitrogens with zero attached hydrogens (tertiary/aromatic N) is 1. The van der Waals surface area contributed by atoms with Crippen molar-refractivity contribution in [1.29, 1.82) is 0 Å². The van der Waals surface area contributed by atoms with Crippen LogP contribution in [0.4, 0.5) is 4.39 Å². The lowest BCUT2D eigenvalue weighted by molar-refractivity contribution is -0.140. The molecule has 0 radical (unpaired) electrons. The lowest BCUT2D eigenvalue weighted by Gasteiger charge is -2.32. The molecule has 1 aliphatic rings. The Morgan fingerprint density at radius 2 is 2.41 bits per heavy atom. The second-order valence-corrected chi connectivity index (χ2v) is 5.47. The number of halogens is 1. The highest BCUT2D eigenvalue weighted by molar-refractivity contribution is 5.89. The molecular formula is C16H19FN2O3. The molecule has 6 heteroatoms. The molecule has 0 aliphatic carbocycles. The zero-order valence-electron chi connectivity index (χ0n) is 12.5. The zero-order chi connectivity index (χ0) is 15.5. The monoisotopic (exact) mass is 306 g/mol. The first-order valence-electron chi connectivity index (χ1n) is 7.31. The number of hydrogen-bond acceptors (Lipinski definition) is 3. The van der Waals surface area contributed by atoms with Crippen molar-refractivity contribution >= 4 is 16.8 Å². The molecule has 118 valence electrons. The van der Waals surface area contributed by atoms with E-state index in [1.807, 2.05) is 0 Å². The van der Waals surface area contributed by atoms with Crippen LogP contribution in [0.2, 0.25) is 0 Å². The normalized spacial score (nSPS) is 18.8. The molecule has 0 bridgehead atoms. The second-order valence-electron chi connectivity index (χ2n) is 5.47. The number of amides is 1. The molecule has 1 aromatic heterocycles. The third-order valence-corrected chi connectivity index (χ3v) is 3.92. The van der Waals surface area contributed by atoms with E-state index in [1.54, 1.807) is 24.3 Å². The van der Waals surface area contributed by atoms with Crippen LogP contribution in [0, 0.1) is 5.82 Å². The Hall–Kier alpha value is -1.92. The van der Waals surface area contributed by atoms with Gasteiger partial charge in [-0.05, 0) is 23.8 Å². The predicted molar refractivity (Wildman–Crippen MR) is 80.2 cm³/mol. The van der Waals surface area contributed by atoms with Crippen LogP contribution >= 0.6 is 0 Å². The van der Waals surface area contributed by atoms with E-state index in [9.17, 15) is 9.18 Å². The van der Waals surface area contributed by atoms with Crippen LogP contribution in [-0.2, 0) is 20.7 Å². The van der Waals surface area contributed by atoms with Gasteiger partial charge in [0.15, 0.2) is 0 Å². The lowest BCUT2D eigenvalue weighted by Crippen LogP contribution is -2.47. The van der Waals surface area contributed by atoms with Crippen LogP contribution < -0.4 is 0 Å². The molecule has 1 saturated heterocycles. The summed E-state index contributed by atoms with van der Waals surface area (Å²) >= 11 is 0. The third kappa shape index (κ3) is 3.13. The fourth-order valence-corrected chi connectivity index (χ4v) is 2.81. The standard InChI is InChI=1S/C16H19FN2O3/c1-21-10-13-9-19(4-5-22-13)16(20)6-11-8-18-15-7-12(17)2-3-14(11)15/h2-3,7-8,13,18H,4-6,9-10H2,1H3/t13-/m0/s1. The summed E-state index contributed by atoms with van der Waals surface area (Å²) in [7, 11) is 1.62. The van der Waals surface area contributed by atoms with E-state index in [4.69, 9.17) is 9.47 Å². The zero-order valence-corrected chi connectivity index (χ0v) is 12.5. The average molecular weight is 306 g/mol. The minimum absolute atomic E-state index is 0.0506. The molecule has 1 fully saturated rings. The van der Waals surface area contributed by atoms with E-state index in [2.05, 4.69) is 4.98 Å². The number of ether oxygens (including phenoxy) is 2. The molecule has 22 heavy (non-hydrogen) atoms. The Morgan fingerprint density at radius 1 is 1.55 bits per heavy atom. The summed E-state index contributed by atoms with van der Waals surface area (Å²) in [4.78, 5) is 17.3. The van der Waals surface area contributed by atoms with E-state index < -0.39 is 0 Å². The maximum atomic E-state index is 13.2. The van der Waals surface area contributed by atoms with Crippen LogP contribution in [0.5, 0.6) is 0 Å². The molecule has 3 rings (SSSR count). The van der Waals surface area contributed by atoms with Crippen molar-refractivity contribution in [2.24, 2.45) is 0 Å². The number of aromatic nitrogens is 1.